The smallest absolute Gasteiger partial charge is 0.0602 e. The second-order valence-corrected chi connectivity index (χ2v) is 13.5. The van der Waals surface area contributed by atoms with Gasteiger partial charge in [0.25, 0.3) is 0 Å². The number of allylic oxidation sites excluding steroid dienone is 2. The van der Waals surface area contributed by atoms with Crippen LogP contribution in [0.25, 0.3) is 16.3 Å². The van der Waals surface area contributed by atoms with Crippen LogP contribution in [-0.4, -0.2) is 16.7 Å². The Morgan fingerprint density at radius 1 is 0.941 bits per heavy atom. The number of hydrogen-bond acceptors (Lipinski definition) is 2. The maximum atomic E-state index is 6.47. The number of aromatic nitrogens is 1. The van der Waals surface area contributed by atoms with Crippen LogP contribution in [-0.2, 0) is 4.74 Å². The van der Waals surface area contributed by atoms with Crippen molar-refractivity contribution in [1.82, 2.24) is 4.98 Å². The molecule has 0 saturated heterocycles. The topological polar surface area (TPSA) is 22.1 Å². The van der Waals surface area contributed by atoms with Gasteiger partial charge < -0.3 is 4.74 Å². The fourth-order valence-electron chi connectivity index (χ4n) is 9.09. The van der Waals surface area contributed by atoms with E-state index in [0.717, 1.165) is 23.7 Å². The monoisotopic (exact) mass is 457 g/mol. The van der Waals surface area contributed by atoms with Crippen LogP contribution >= 0.6 is 0 Å². The Bertz CT molecular complexity index is 1110. The molecule has 0 amide bonds. The Hall–Kier alpha value is -1.67. The van der Waals surface area contributed by atoms with Crippen LogP contribution in [0.2, 0.25) is 0 Å². The van der Waals surface area contributed by atoms with Crippen molar-refractivity contribution in [3.05, 3.63) is 48.3 Å². The van der Waals surface area contributed by atoms with Gasteiger partial charge in [-0.05, 0) is 135 Å². The van der Waals surface area contributed by atoms with Gasteiger partial charge in [-0.25, -0.2) is 0 Å². The van der Waals surface area contributed by atoms with Crippen molar-refractivity contribution in [3.63, 3.8) is 0 Å². The molecule has 0 N–H and O–H groups in total. The molecule has 2 heteroatoms. The maximum Gasteiger partial charge on any atom is 0.0602 e. The quantitative estimate of drug-likeness (QED) is 0.451. The normalized spacial score (nSPS) is 39.8. The first-order valence-electron chi connectivity index (χ1n) is 13.9. The lowest BCUT2D eigenvalue weighted by atomic mass is 9.44. The fourth-order valence-corrected chi connectivity index (χ4v) is 9.09. The van der Waals surface area contributed by atoms with E-state index in [-0.39, 0.29) is 5.60 Å². The first-order chi connectivity index (χ1) is 16.2. The summed E-state index contributed by atoms with van der Waals surface area (Å²) in [7, 11) is 0. The first-order valence-corrected chi connectivity index (χ1v) is 13.9. The summed E-state index contributed by atoms with van der Waals surface area (Å²) in [6.45, 7) is 11.9. The second-order valence-electron chi connectivity index (χ2n) is 13.5. The predicted octanol–water partition coefficient (Wildman–Crippen LogP) is 8.45. The molecule has 0 spiro atoms. The van der Waals surface area contributed by atoms with Gasteiger partial charge in [0.2, 0.25) is 0 Å². The molecule has 1 aromatic heterocycles. The highest BCUT2D eigenvalue weighted by Crippen LogP contribution is 2.67. The van der Waals surface area contributed by atoms with Crippen LogP contribution in [0.5, 0.6) is 0 Å². The van der Waals surface area contributed by atoms with Crippen molar-refractivity contribution >= 4 is 16.3 Å². The average molecular weight is 458 g/mol. The van der Waals surface area contributed by atoms with Gasteiger partial charge in [-0.1, -0.05) is 32.1 Å². The molecule has 182 valence electrons. The minimum atomic E-state index is -0.0208. The lowest BCUT2D eigenvalue weighted by Crippen LogP contribution is -2.54. The Labute approximate surface area is 206 Å². The van der Waals surface area contributed by atoms with Gasteiger partial charge in [0.15, 0.2) is 0 Å². The van der Waals surface area contributed by atoms with Gasteiger partial charge >= 0.3 is 0 Å². The minimum Gasteiger partial charge on any atom is -0.373 e. The van der Waals surface area contributed by atoms with Crippen molar-refractivity contribution in [3.8, 4) is 0 Å². The van der Waals surface area contributed by atoms with E-state index in [2.05, 4.69) is 69.9 Å². The summed E-state index contributed by atoms with van der Waals surface area (Å²) < 4.78 is 6.47. The molecule has 34 heavy (non-hydrogen) atoms. The molecule has 7 atom stereocenters. The summed E-state index contributed by atoms with van der Waals surface area (Å²) in [6, 6.07) is 9.17. The van der Waals surface area contributed by atoms with E-state index in [9.17, 15) is 0 Å². The Kier molecular flexibility index (Phi) is 5.30. The third-order valence-electron chi connectivity index (χ3n) is 10.7. The number of rotatable bonds is 2. The zero-order valence-corrected chi connectivity index (χ0v) is 21.9. The summed E-state index contributed by atoms with van der Waals surface area (Å²) in [5.74, 6) is 3.44. The van der Waals surface area contributed by atoms with Crippen LogP contribution in [0.1, 0.15) is 91.5 Å². The minimum absolute atomic E-state index is 0.0208. The van der Waals surface area contributed by atoms with Crippen LogP contribution < -0.4 is 0 Å². The third kappa shape index (κ3) is 3.58. The van der Waals surface area contributed by atoms with Crippen LogP contribution in [0.4, 0.5) is 0 Å². The zero-order chi connectivity index (χ0) is 23.7. The summed E-state index contributed by atoms with van der Waals surface area (Å²) >= 11 is 0. The van der Waals surface area contributed by atoms with E-state index < -0.39 is 0 Å². The highest BCUT2D eigenvalue weighted by atomic mass is 16.5. The van der Waals surface area contributed by atoms with Crippen LogP contribution in [0.3, 0.4) is 0 Å². The van der Waals surface area contributed by atoms with Gasteiger partial charge in [0.1, 0.15) is 0 Å². The van der Waals surface area contributed by atoms with Crippen molar-refractivity contribution < 1.29 is 4.74 Å². The van der Waals surface area contributed by atoms with Crippen molar-refractivity contribution in [2.45, 2.75) is 97.7 Å². The number of ether oxygens (including phenoxy) is 1. The van der Waals surface area contributed by atoms with Gasteiger partial charge in [-0.15, -0.1) is 0 Å². The summed E-state index contributed by atoms with van der Waals surface area (Å²) in [5.41, 5.74) is 3.87. The molecular formula is C32H43NO. The zero-order valence-electron chi connectivity index (χ0n) is 21.9. The molecule has 1 heterocycles. The summed E-state index contributed by atoms with van der Waals surface area (Å²) in [6.07, 6.45) is 17.8. The number of pyridine rings is 1. The lowest BCUT2D eigenvalue weighted by molar-refractivity contribution is -0.148. The van der Waals surface area contributed by atoms with E-state index in [0.29, 0.717) is 16.9 Å². The number of benzene rings is 1. The predicted molar refractivity (Wildman–Crippen MR) is 141 cm³/mol. The molecular weight excluding hydrogens is 414 g/mol. The van der Waals surface area contributed by atoms with E-state index in [1.165, 1.54) is 67.7 Å². The molecule has 0 aliphatic heterocycles. The largest absolute Gasteiger partial charge is 0.373 e. The fraction of sp³-hybridized carbons (Fsp3) is 0.656. The van der Waals surface area contributed by atoms with Gasteiger partial charge in [-0.3, -0.25) is 4.98 Å². The second kappa shape index (κ2) is 7.92. The maximum absolute atomic E-state index is 6.47. The molecule has 4 aliphatic carbocycles. The Morgan fingerprint density at radius 2 is 1.79 bits per heavy atom. The Balaban J connectivity index is 1.23. The van der Waals surface area contributed by atoms with Crippen LogP contribution in [0.15, 0.2) is 42.7 Å². The van der Waals surface area contributed by atoms with Gasteiger partial charge in [0, 0.05) is 17.8 Å². The molecule has 4 aliphatic rings. The molecule has 2 aromatic rings. The number of fused-ring (bicyclic) bond motifs is 6. The van der Waals surface area contributed by atoms with E-state index in [1.807, 2.05) is 12.4 Å². The highest BCUT2D eigenvalue weighted by Gasteiger charge is 2.58. The van der Waals surface area contributed by atoms with Crippen molar-refractivity contribution in [2.24, 2.45) is 34.5 Å². The third-order valence-corrected chi connectivity index (χ3v) is 10.7. The van der Waals surface area contributed by atoms with E-state index in [1.54, 1.807) is 5.57 Å². The molecule has 6 rings (SSSR count). The molecule has 2 nitrogen and oxygen atoms in total. The molecule has 3 saturated carbocycles. The number of nitrogens with zero attached hydrogens (tertiary/aromatic N) is 1. The SMILES string of the molecule is CC(C)(C)O[C@H]1CC[C@@]2(C)C(CC[C@@H]3[C@@H]2CC[C@]2(C)C(c4ccc5ccncc5c4)=CC[C@@H]32)C1. The average Bonchev–Trinajstić information content (AvgIpc) is 3.15. The van der Waals surface area contributed by atoms with Gasteiger partial charge in [-0.2, -0.15) is 0 Å². The van der Waals surface area contributed by atoms with E-state index in [4.69, 9.17) is 4.74 Å². The number of hydrogen-bond donors (Lipinski definition) is 0. The molecule has 0 radical (unpaired) electrons. The van der Waals surface area contributed by atoms with Crippen molar-refractivity contribution in [2.75, 3.05) is 0 Å². The van der Waals surface area contributed by atoms with Gasteiger partial charge in [0.05, 0.1) is 11.7 Å². The Morgan fingerprint density at radius 3 is 2.62 bits per heavy atom. The first kappa shape index (κ1) is 22.8. The summed E-state index contributed by atoms with van der Waals surface area (Å²) in [4.78, 5) is 4.38. The van der Waals surface area contributed by atoms with Crippen molar-refractivity contribution in [1.29, 1.82) is 0 Å². The summed E-state index contributed by atoms with van der Waals surface area (Å²) in [5, 5.41) is 2.56. The van der Waals surface area contributed by atoms with E-state index >= 15 is 0 Å². The molecule has 1 unspecified atom stereocenters. The molecule has 1 aromatic carbocycles. The lowest BCUT2D eigenvalue weighted by Gasteiger charge is -2.61. The highest BCUT2D eigenvalue weighted by molar-refractivity contribution is 5.86. The molecule has 3 fully saturated rings. The standard InChI is InChI=1S/C32H43NO/c1-30(2,3)34-25-12-15-31(4)24(19-25)8-9-26-28-11-10-27(32(28,5)16-13-29(26)31)22-7-6-21-14-17-33-20-23(21)18-22/h6-7,10,14,17-18,20,24-26,28-29H,8-9,11-13,15-16,19H2,1-5H3/t24?,25-,26-,28-,29-,31-,32+/m0/s1. The molecule has 0 bridgehead atoms. The van der Waals surface area contributed by atoms with Crippen LogP contribution in [0, 0.1) is 34.5 Å².